The number of phosphoric acid groups is 2. The lowest BCUT2D eigenvalue weighted by molar-refractivity contribution is -0.133. The number of carbonyl (C=O) groups is 6. The van der Waals surface area contributed by atoms with Gasteiger partial charge >= 0.3 is 15.6 Å². The third-order valence-electron chi connectivity index (χ3n) is 14.1. The number of aliphatic hydroxyl groups is 2. The largest absolute Gasteiger partial charge is 0.472 e. The van der Waals surface area contributed by atoms with E-state index in [2.05, 4.69) is 46.1 Å². The van der Waals surface area contributed by atoms with Gasteiger partial charge in [0, 0.05) is 91.4 Å². The Morgan fingerprint density at radius 2 is 1.19 bits per heavy atom. The summed E-state index contributed by atoms with van der Waals surface area (Å²) in [5.41, 5.74) is 16.3. The number of carbonyl (C=O) groups excluding carboxylic acids is 6. The van der Waals surface area contributed by atoms with Gasteiger partial charge in [0.15, 0.2) is 11.5 Å². The van der Waals surface area contributed by atoms with Crippen LogP contribution in [-0.2, 0) is 74.9 Å². The van der Waals surface area contributed by atoms with Crippen molar-refractivity contribution in [2.24, 2.45) is 11.5 Å². The Kier molecular flexibility index (Phi) is 35.6. The Labute approximate surface area is 512 Å². The summed E-state index contributed by atoms with van der Waals surface area (Å²) >= 11 is 0. The zero-order chi connectivity index (χ0) is 64.2. The second-order valence-electron chi connectivity index (χ2n) is 21.5. The lowest BCUT2D eigenvalue weighted by Gasteiger charge is -2.34. The first-order chi connectivity index (χ1) is 42.2. The van der Waals surface area contributed by atoms with Crippen molar-refractivity contribution >= 4 is 68.1 Å². The van der Waals surface area contributed by atoms with Crippen molar-refractivity contribution in [1.29, 1.82) is 0 Å². The first kappa shape index (κ1) is 75.5. The molecule has 2 fully saturated rings. The molecule has 0 aliphatic carbocycles. The number of unbranched alkanes of at least 4 members (excludes halogenated alkanes) is 6. The van der Waals surface area contributed by atoms with Crippen LogP contribution in [0.4, 0.5) is 5.82 Å². The molecule has 4 rings (SSSR count). The van der Waals surface area contributed by atoms with Crippen molar-refractivity contribution in [1.82, 2.24) is 51.0 Å². The SMILES string of the molecule is COP(=O)(O)OC[C@H]1O[C@@H](n2cnc3c(N)ncnc32)C[C@@H]1OP(=O)(O)OC[C@@H]1C[C@@H](O)CN1C(=O)CCCCCCCCC(=O)NC(COCCC(=O)NCCCN)(COCCC(=O)NCCCN)COCCC(=O)NCCCNC(=O)CCCCO. The smallest absolute Gasteiger partial charge is 0.396 e. The summed E-state index contributed by atoms with van der Waals surface area (Å²) < 4.78 is 71.6. The number of likely N-dealkylation sites (tertiary alicyclic amines) is 1. The average molecular weight is 1300 g/mol. The van der Waals surface area contributed by atoms with Crippen molar-refractivity contribution < 1.29 is 94.9 Å². The molecule has 0 saturated carbocycles. The minimum atomic E-state index is -4.92. The fourth-order valence-corrected chi connectivity index (χ4v) is 10.9. The third kappa shape index (κ3) is 29.4. The number of nitrogen functional groups attached to an aromatic ring is 1. The fourth-order valence-electron chi connectivity index (χ4n) is 9.43. The lowest BCUT2D eigenvalue weighted by atomic mass is 10.0. The van der Waals surface area contributed by atoms with Crippen molar-refractivity contribution in [3.05, 3.63) is 12.7 Å². The Balaban J connectivity index is 1.26. The molecule has 2 aromatic rings. The summed E-state index contributed by atoms with van der Waals surface area (Å²) in [5, 5.41) is 33.6. The normalized spacial score (nSPS) is 19.1. The van der Waals surface area contributed by atoms with Crippen molar-refractivity contribution in [3.8, 4) is 0 Å². The maximum atomic E-state index is 13.7. The topological polar surface area (TPSA) is 476 Å². The number of hydrogen-bond donors (Lipinski definition) is 12. The van der Waals surface area contributed by atoms with Crippen molar-refractivity contribution in [3.63, 3.8) is 0 Å². The standard InChI is InChI=1S/C53H95N13O20P2/c1-79-87(75,76)84-33-42-41(30-49(85-42)66-38-63-50-51(56)61-37-62-52(50)66)86-88(77,78)83-32-39-29-40(68)31-65(39)48(74)15-7-5-3-2-4-6-14-47(73)64-53(34-80-26-16-44(70)57-21-10-19-54,35-81-27-17-45(71)58-22-11-20-55)36-82-28-18-46(72)60-24-12-23-59-43(69)13-8-9-25-67/h37-42,49,67-68H,2-36,54-55H2,1H3,(H,57,70)(H,58,71)(H,59,69)(H,60,72)(H,64,73)(H,75,76)(H,77,78)(H2,56,61,62)/t39-,40+,41-,42+,49+/m0/s1. The van der Waals surface area contributed by atoms with Crippen LogP contribution in [-0.4, -0.2) is 222 Å². The summed E-state index contributed by atoms with van der Waals surface area (Å²) in [6.07, 6.45) is 5.55. The maximum Gasteiger partial charge on any atom is 0.472 e. The van der Waals surface area contributed by atoms with E-state index in [-0.39, 0.29) is 150 Å². The number of aromatic nitrogens is 4. The number of rotatable bonds is 49. The van der Waals surface area contributed by atoms with Crippen LogP contribution < -0.4 is 43.8 Å². The molecule has 502 valence electrons. The average Bonchev–Trinajstić information content (AvgIpc) is 1.78. The number of hydrogen-bond acceptors (Lipinski definition) is 24. The molecule has 0 aromatic carbocycles. The summed E-state index contributed by atoms with van der Waals surface area (Å²) in [6, 6.07) is -0.766. The molecule has 2 aromatic heterocycles. The number of nitrogens with two attached hydrogens (primary N) is 3. The molecule has 2 saturated heterocycles. The van der Waals surface area contributed by atoms with E-state index in [0.717, 1.165) is 20.0 Å². The molecule has 0 bridgehead atoms. The molecule has 7 atom stereocenters. The molecule has 35 heteroatoms. The van der Waals surface area contributed by atoms with Gasteiger partial charge in [0.2, 0.25) is 35.4 Å². The number of anilines is 1. The van der Waals surface area contributed by atoms with E-state index >= 15 is 0 Å². The molecule has 6 amide bonds. The van der Waals surface area contributed by atoms with Gasteiger partial charge in [-0.2, -0.15) is 0 Å². The first-order valence-corrected chi connectivity index (χ1v) is 33.1. The molecule has 15 N–H and O–H groups in total. The molecule has 33 nitrogen and oxygen atoms in total. The monoisotopic (exact) mass is 1300 g/mol. The van der Waals surface area contributed by atoms with Crippen LogP contribution in [0, 0.1) is 0 Å². The molecule has 0 spiro atoms. The van der Waals surface area contributed by atoms with Gasteiger partial charge in [-0.1, -0.05) is 25.7 Å². The third-order valence-corrected chi connectivity index (χ3v) is 16.1. The van der Waals surface area contributed by atoms with Gasteiger partial charge in [-0.15, -0.1) is 0 Å². The number of nitrogens with zero attached hydrogens (tertiary/aromatic N) is 5. The van der Waals surface area contributed by atoms with Crippen LogP contribution in [0.15, 0.2) is 12.7 Å². The highest BCUT2D eigenvalue weighted by Gasteiger charge is 2.45. The van der Waals surface area contributed by atoms with Gasteiger partial charge in [0.1, 0.15) is 35.8 Å². The number of fused-ring (bicyclic) bond motifs is 1. The van der Waals surface area contributed by atoms with Crippen LogP contribution >= 0.6 is 15.6 Å². The molecule has 4 heterocycles. The zero-order valence-electron chi connectivity index (χ0n) is 50.5. The highest BCUT2D eigenvalue weighted by Crippen LogP contribution is 2.50. The Bertz CT molecular complexity index is 2490. The molecule has 2 aliphatic rings. The number of aliphatic hydroxyl groups excluding tert-OH is 2. The van der Waals surface area contributed by atoms with Crippen LogP contribution in [0.5, 0.6) is 0 Å². The van der Waals surface area contributed by atoms with Crippen molar-refractivity contribution in [2.45, 2.75) is 158 Å². The van der Waals surface area contributed by atoms with Gasteiger partial charge in [-0.05, 0) is 64.5 Å². The Morgan fingerprint density at radius 1 is 0.670 bits per heavy atom. The van der Waals surface area contributed by atoms with E-state index < -0.39 is 65.0 Å². The predicted molar refractivity (Wildman–Crippen MR) is 317 cm³/mol. The minimum absolute atomic E-state index is 0.00174. The highest BCUT2D eigenvalue weighted by molar-refractivity contribution is 7.47. The number of ether oxygens (including phenoxy) is 4. The van der Waals surface area contributed by atoms with Crippen LogP contribution in [0.3, 0.4) is 0 Å². The molecule has 2 unspecified atom stereocenters. The molecule has 88 heavy (non-hydrogen) atoms. The molecule has 2 aliphatic heterocycles. The minimum Gasteiger partial charge on any atom is -0.396 e. The van der Waals surface area contributed by atoms with Crippen LogP contribution in [0.1, 0.15) is 128 Å². The van der Waals surface area contributed by atoms with E-state index in [0.29, 0.717) is 103 Å². The highest BCUT2D eigenvalue weighted by atomic mass is 31.2. The Hall–Kier alpha value is -4.93. The number of nitrogens with one attached hydrogen (secondary N) is 5. The number of imidazole rings is 1. The van der Waals surface area contributed by atoms with Gasteiger partial charge in [0.05, 0.1) is 71.3 Å². The van der Waals surface area contributed by atoms with Crippen LogP contribution in [0.25, 0.3) is 11.2 Å². The van der Waals surface area contributed by atoms with E-state index in [1.165, 1.54) is 22.1 Å². The first-order valence-electron chi connectivity index (χ1n) is 30.1. The number of phosphoric ester groups is 2. The predicted octanol–water partition coefficient (Wildman–Crippen LogP) is -0.166. The zero-order valence-corrected chi connectivity index (χ0v) is 52.3. The van der Waals surface area contributed by atoms with E-state index in [1.807, 2.05) is 0 Å². The summed E-state index contributed by atoms with van der Waals surface area (Å²) in [4.78, 5) is 111. The van der Waals surface area contributed by atoms with Gasteiger partial charge in [-0.25, -0.2) is 24.1 Å². The van der Waals surface area contributed by atoms with Gasteiger partial charge in [-0.3, -0.25) is 51.4 Å². The van der Waals surface area contributed by atoms with Gasteiger partial charge in [0.25, 0.3) is 0 Å². The number of β-amino-alcohol motifs (C(OH)–C–C–N with tert-alkyl or cyclic N) is 1. The summed E-state index contributed by atoms with van der Waals surface area (Å²) in [5.74, 6) is -1.44. The van der Waals surface area contributed by atoms with E-state index in [9.17, 15) is 52.8 Å². The van der Waals surface area contributed by atoms with Crippen molar-refractivity contribution in [2.75, 3.05) is 118 Å². The second kappa shape index (κ2) is 41.5. The molecular weight excluding hydrogens is 1200 g/mol. The fraction of sp³-hybridized carbons (Fsp3) is 0.792. The molecular formula is C53H95N13O20P2. The summed E-state index contributed by atoms with van der Waals surface area (Å²) in [7, 11) is -8.47. The quantitative estimate of drug-likeness (QED) is 0.0302. The molecule has 0 radical (unpaired) electrons. The second-order valence-corrected chi connectivity index (χ2v) is 24.4. The Morgan fingerprint density at radius 3 is 1.76 bits per heavy atom. The van der Waals surface area contributed by atoms with E-state index in [1.54, 1.807) is 0 Å². The van der Waals surface area contributed by atoms with Crippen LogP contribution in [0.2, 0.25) is 0 Å². The summed E-state index contributed by atoms with van der Waals surface area (Å²) in [6.45, 7) is 0.815. The lowest BCUT2D eigenvalue weighted by Crippen LogP contribution is -2.58. The van der Waals surface area contributed by atoms with Gasteiger partial charge < -0.3 is 87.6 Å². The number of amides is 6. The maximum absolute atomic E-state index is 13.7. The van der Waals surface area contributed by atoms with E-state index in [4.69, 9.17) is 54.8 Å².